The Kier molecular flexibility index (Phi) is 4.13. The van der Waals surface area contributed by atoms with Gasteiger partial charge in [-0.1, -0.05) is 23.7 Å². The molecule has 108 valence electrons. The van der Waals surface area contributed by atoms with Crippen molar-refractivity contribution in [1.29, 1.82) is 0 Å². The molecule has 2 saturated heterocycles. The fourth-order valence-corrected chi connectivity index (χ4v) is 3.29. The molecule has 4 nitrogen and oxygen atoms in total. The number of nitrogens with zero attached hydrogens (tertiary/aromatic N) is 1. The number of nitrogens with one attached hydrogen (secondary N) is 1. The van der Waals surface area contributed by atoms with Crippen molar-refractivity contribution in [2.75, 3.05) is 32.8 Å². The molecule has 0 saturated carbocycles. The summed E-state index contributed by atoms with van der Waals surface area (Å²) >= 11 is 6.01. The number of ether oxygens (including phenoxy) is 1. The van der Waals surface area contributed by atoms with Crippen LogP contribution in [-0.4, -0.2) is 43.6 Å². The second-order valence-electron chi connectivity index (χ2n) is 5.64. The van der Waals surface area contributed by atoms with Gasteiger partial charge in [0, 0.05) is 13.1 Å². The summed E-state index contributed by atoms with van der Waals surface area (Å²) in [5.74, 6) is 1.81. The van der Waals surface area contributed by atoms with E-state index in [4.69, 9.17) is 16.3 Å². The van der Waals surface area contributed by atoms with Crippen LogP contribution in [0.4, 0.5) is 0 Å². The number of fused-ring (bicyclic) bond motifs is 2. The van der Waals surface area contributed by atoms with Crippen LogP contribution in [-0.2, 0) is 4.79 Å². The molecular weight excluding hydrogens is 276 g/mol. The number of amides is 1. The van der Waals surface area contributed by atoms with Crippen LogP contribution in [0.3, 0.4) is 0 Å². The highest BCUT2D eigenvalue weighted by atomic mass is 35.5. The smallest absolute Gasteiger partial charge is 0.260 e. The van der Waals surface area contributed by atoms with E-state index >= 15 is 0 Å². The van der Waals surface area contributed by atoms with Crippen LogP contribution in [0.25, 0.3) is 0 Å². The standard InChI is InChI=1S/C15H19ClN2O2/c16-13-3-1-2-4-14(13)20-10-15(19)18-8-11-5-12(9-18)7-17-6-11/h1-4,11-12,17H,5-10H2/t11-,12+. The largest absolute Gasteiger partial charge is 0.482 e. The highest BCUT2D eigenvalue weighted by Gasteiger charge is 2.32. The summed E-state index contributed by atoms with van der Waals surface area (Å²) in [5.41, 5.74) is 0. The molecule has 1 amide bonds. The lowest BCUT2D eigenvalue weighted by molar-refractivity contribution is -0.136. The van der Waals surface area contributed by atoms with Crippen LogP contribution >= 0.6 is 11.6 Å². The molecule has 1 N–H and O–H groups in total. The zero-order chi connectivity index (χ0) is 13.9. The predicted molar refractivity (Wildman–Crippen MR) is 78.0 cm³/mol. The van der Waals surface area contributed by atoms with Crippen LogP contribution in [0.5, 0.6) is 5.75 Å². The van der Waals surface area contributed by atoms with Gasteiger partial charge in [-0.3, -0.25) is 4.79 Å². The molecule has 3 rings (SSSR count). The fourth-order valence-electron chi connectivity index (χ4n) is 3.10. The maximum absolute atomic E-state index is 12.3. The second kappa shape index (κ2) is 6.02. The topological polar surface area (TPSA) is 41.6 Å². The summed E-state index contributed by atoms with van der Waals surface area (Å²) in [6, 6.07) is 7.24. The summed E-state index contributed by atoms with van der Waals surface area (Å²) in [7, 11) is 0. The van der Waals surface area contributed by atoms with E-state index in [1.807, 2.05) is 17.0 Å². The van der Waals surface area contributed by atoms with Gasteiger partial charge in [-0.2, -0.15) is 0 Å². The van der Waals surface area contributed by atoms with Gasteiger partial charge in [-0.25, -0.2) is 0 Å². The van der Waals surface area contributed by atoms with E-state index in [0.29, 0.717) is 22.6 Å². The van der Waals surface area contributed by atoms with E-state index in [1.165, 1.54) is 6.42 Å². The Labute approximate surface area is 124 Å². The first-order valence-electron chi connectivity index (χ1n) is 7.08. The zero-order valence-electron chi connectivity index (χ0n) is 11.3. The van der Waals surface area contributed by atoms with Crippen LogP contribution in [0.1, 0.15) is 6.42 Å². The molecule has 5 heteroatoms. The normalized spacial score (nSPS) is 25.4. The third-order valence-corrected chi connectivity index (χ3v) is 4.34. The molecule has 1 aromatic carbocycles. The molecule has 0 aliphatic carbocycles. The molecule has 20 heavy (non-hydrogen) atoms. The molecule has 0 aromatic heterocycles. The van der Waals surface area contributed by atoms with Crippen molar-refractivity contribution in [2.24, 2.45) is 11.8 Å². The van der Waals surface area contributed by atoms with Gasteiger partial charge in [-0.15, -0.1) is 0 Å². The van der Waals surface area contributed by atoms with E-state index in [0.717, 1.165) is 26.2 Å². The number of likely N-dealkylation sites (tertiary alicyclic amines) is 1. The monoisotopic (exact) mass is 294 g/mol. The Morgan fingerprint density at radius 3 is 2.70 bits per heavy atom. The van der Waals surface area contributed by atoms with E-state index < -0.39 is 0 Å². The maximum atomic E-state index is 12.3. The summed E-state index contributed by atoms with van der Waals surface area (Å²) in [5, 5.41) is 3.97. The summed E-state index contributed by atoms with van der Waals surface area (Å²) in [6.45, 7) is 3.79. The van der Waals surface area contributed by atoms with Crippen molar-refractivity contribution in [2.45, 2.75) is 6.42 Å². The number of benzene rings is 1. The molecule has 2 aliphatic heterocycles. The third-order valence-electron chi connectivity index (χ3n) is 4.03. The van der Waals surface area contributed by atoms with Crippen LogP contribution in [0.15, 0.2) is 24.3 Å². The number of carbonyl (C=O) groups excluding carboxylic acids is 1. The maximum Gasteiger partial charge on any atom is 0.260 e. The van der Waals surface area contributed by atoms with Crippen molar-refractivity contribution in [3.05, 3.63) is 29.3 Å². The lowest BCUT2D eigenvalue weighted by Gasteiger charge is -2.41. The molecule has 2 heterocycles. The van der Waals surface area contributed by atoms with E-state index in [9.17, 15) is 4.79 Å². The molecule has 2 atom stereocenters. The number of para-hydroxylation sites is 1. The van der Waals surface area contributed by atoms with Crippen molar-refractivity contribution in [3.63, 3.8) is 0 Å². The first kappa shape index (κ1) is 13.7. The van der Waals surface area contributed by atoms with E-state index in [2.05, 4.69) is 5.32 Å². The Hall–Kier alpha value is -1.26. The fraction of sp³-hybridized carbons (Fsp3) is 0.533. The lowest BCUT2D eigenvalue weighted by atomic mass is 9.86. The van der Waals surface area contributed by atoms with Crippen molar-refractivity contribution < 1.29 is 9.53 Å². The molecule has 2 aliphatic rings. The molecule has 2 fully saturated rings. The Balaban J connectivity index is 1.56. The number of piperidine rings is 2. The molecule has 2 bridgehead atoms. The van der Waals surface area contributed by atoms with E-state index in [1.54, 1.807) is 12.1 Å². The lowest BCUT2D eigenvalue weighted by Crippen LogP contribution is -2.53. The van der Waals surface area contributed by atoms with Gasteiger partial charge in [0.05, 0.1) is 5.02 Å². The minimum absolute atomic E-state index is 0.0570. The summed E-state index contributed by atoms with van der Waals surface area (Å²) < 4.78 is 5.54. The van der Waals surface area contributed by atoms with Crippen molar-refractivity contribution in [3.8, 4) is 5.75 Å². The molecule has 1 aromatic rings. The Morgan fingerprint density at radius 2 is 2.00 bits per heavy atom. The Bertz CT molecular complexity index is 483. The highest BCUT2D eigenvalue weighted by Crippen LogP contribution is 2.25. The van der Waals surface area contributed by atoms with Gasteiger partial charge < -0.3 is 15.0 Å². The number of hydrogen-bond donors (Lipinski definition) is 1. The molecular formula is C15H19ClN2O2. The minimum Gasteiger partial charge on any atom is -0.482 e. The van der Waals surface area contributed by atoms with Crippen LogP contribution in [0, 0.1) is 11.8 Å². The van der Waals surface area contributed by atoms with Gasteiger partial charge in [0.25, 0.3) is 5.91 Å². The predicted octanol–water partition coefficient (Wildman–Crippen LogP) is 1.79. The summed E-state index contributed by atoms with van der Waals surface area (Å²) in [6.07, 6.45) is 1.24. The van der Waals surface area contributed by atoms with Gasteiger partial charge in [-0.05, 0) is 43.5 Å². The van der Waals surface area contributed by atoms with Crippen LogP contribution < -0.4 is 10.1 Å². The number of halogens is 1. The van der Waals surface area contributed by atoms with Crippen molar-refractivity contribution >= 4 is 17.5 Å². The molecule has 0 radical (unpaired) electrons. The summed E-state index contributed by atoms with van der Waals surface area (Å²) in [4.78, 5) is 14.2. The molecule has 0 unspecified atom stereocenters. The second-order valence-corrected chi connectivity index (χ2v) is 6.05. The van der Waals surface area contributed by atoms with Gasteiger partial charge >= 0.3 is 0 Å². The minimum atomic E-state index is 0.0570. The first-order chi connectivity index (χ1) is 9.72. The number of hydrogen-bond acceptors (Lipinski definition) is 3. The van der Waals surface area contributed by atoms with Crippen molar-refractivity contribution in [1.82, 2.24) is 10.2 Å². The van der Waals surface area contributed by atoms with Gasteiger partial charge in [0.15, 0.2) is 6.61 Å². The first-order valence-corrected chi connectivity index (χ1v) is 7.46. The number of rotatable bonds is 3. The quantitative estimate of drug-likeness (QED) is 0.924. The van der Waals surface area contributed by atoms with Gasteiger partial charge in [0.1, 0.15) is 5.75 Å². The average Bonchev–Trinajstić information content (AvgIpc) is 2.45. The van der Waals surface area contributed by atoms with E-state index in [-0.39, 0.29) is 12.5 Å². The zero-order valence-corrected chi connectivity index (χ0v) is 12.1. The highest BCUT2D eigenvalue weighted by molar-refractivity contribution is 6.32. The SMILES string of the molecule is O=C(COc1ccccc1Cl)N1C[C@@H]2CNC[C@@H](C2)C1. The Morgan fingerprint density at radius 1 is 1.30 bits per heavy atom. The van der Waals surface area contributed by atoms with Gasteiger partial charge in [0.2, 0.25) is 0 Å². The average molecular weight is 295 g/mol. The van der Waals surface area contributed by atoms with Crippen LogP contribution in [0.2, 0.25) is 5.02 Å². The third kappa shape index (κ3) is 3.07. The molecule has 0 spiro atoms. The number of carbonyl (C=O) groups is 1.